The molecule has 0 atom stereocenters. The maximum atomic E-state index is 11.1. The maximum absolute atomic E-state index is 11.1. The zero-order valence-corrected chi connectivity index (χ0v) is 22.1. The minimum absolute atomic E-state index is 0.305. The summed E-state index contributed by atoms with van der Waals surface area (Å²) in [7, 11) is 0. The first-order chi connectivity index (χ1) is 13.9. The van der Waals surface area contributed by atoms with Gasteiger partial charge < -0.3 is 5.11 Å². The molecule has 0 spiro atoms. The molecule has 0 aliphatic heterocycles. The fourth-order valence-corrected chi connectivity index (χ4v) is 4.66. The predicted octanol–water partition coefficient (Wildman–Crippen LogP) is 8.52. The summed E-state index contributed by atoms with van der Waals surface area (Å²) in [6.45, 7) is 2.15. The van der Waals surface area contributed by atoms with E-state index in [0.29, 0.717) is 5.75 Å². The third-order valence-electron chi connectivity index (χ3n) is 4.99. The van der Waals surface area contributed by atoms with Crippen molar-refractivity contribution in [3.8, 4) is 39.1 Å². The minimum atomic E-state index is 0.305. The summed E-state index contributed by atoms with van der Waals surface area (Å²) in [6.07, 6.45) is 0. The van der Waals surface area contributed by atoms with Crippen LogP contribution in [-0.4, -0.2) is 5.11 Å². The predicted molar refractivity (Wildman–Crippen MR) is 147 cm³/mol. The lowest BCUT2D eigenvalue weighted by Crippen LogP contribution is -1.95. The van der Waals surface area contributed by atoms with Crippen LogP contribution in [-0.2, 0) is 0 Å². The van der Waals surface area contributed by atoms with Crippen LogP contribution in [0.15, 0.2) is 78.9 Å². The molecule has 0 fully saturated rings. The Labute approximate surface area is 212 Å². The molecular weight excluding hydrogens is 697 g/mol. The van der Waals surface area contributed by atoms with Gasteiger partial charge in [0, 0.05) is 16.3 Å². The van der Waals surface area contributed by atoms with Crippen molar-refractivity contribution >= 4 is 67.8 Å². The molecule has 4 aromatic carbocycles. The second kappa shape index (κ2) is 8.93. The van der Waals surface area contributed by atoms with E-state index in [0.717, 1.165) is 33.4 Å². The molecule has 4 heteroatoms. The molecule has 1 nitrogen and oxygen atoms in total. The molecule has 4 rings (SSSR count). The fraction of sp³-hybridized carbons (Fsp3) is 0.0400. The van der Waals surface area contributed by atoms with Crippen molar-refractivity contribution in [2.45, 2.75) is 6.92 Å². The van der Waals surface area contributed by atoms with Crippen LogP contribution in [0.5, 0.6) is 5.75 Å². The van der Waals surface area contributed by atoms with Crippen LogP contribution < -0.4 is 0 Å². The molecule has 1 N–H and O–H groups in total. The molecule has 0 unspecified atom stereocenters. The van der Waals surface area contributed by atoms with Crippen LogP contribution in [0.1, 0.15) is 5.56 Å². The van der Waals surface area contributed by atoms with E-state index in [1.54, 1.807) is 0 Å². The zero-order chi connectivity index (χ0) is 20.5. The molecule has 0 aliphatic rings. The first-order valence-electron chi connectivity index (χ1n) is 9.08. The van der Waals surface area contributed by atoms with Crippen molar-refractivity contribution in [1.29, 1.82) is 0 Å². The summed E-state index contributed by atoms with van der Waals surface area (Å²) in [5.41, 5.74) is 7.43. The zero-order valence-electron chi connectivity index (χ0n) is 15.6. The monoisotopic (exact) mass is 714 g/mol. The molecule has 0 saturated heterocycles. The van der Waals surface area contributed by atoms with E-state index in [9.17, 15) is 5.11 Å². The number of halogens is 3. The Balaban J connectivity index is 2.02. The maximum Gasteiger partial charge on any atom is 0.124 e. The van der Waals surface area contributed by atoms with Crippen molar-refractivity contribution < 1.29 is 5.11 Å². The third-order valence-corrected chi connectivity index (χ3v) is 7.14. The molecule has 0 aliphatic carbocycles. The van der Waals surface area contributed by atoms with Gasteiger partial charge in [-0.3, -0.25) is 0 Å². The van der Waals surface area contributed by atoms with Gasteiger partial charge in [-0.1, -0.05) is 36.4 Å². The van der Waals surface area contributed by atoms with Crippen LogP contribution in [0.25, 0.3) is 33.4 Å². The van der Waals surface area contributed by atoms with Gasteiger partial charge in [-0.25, -0.2) is 0 Å². The summed E-state index contributed by atoms with van der Waals surface area (Å²) in [5, 5.41) is 11.1. The van der Waals surface area contributed by atoms with Crippen molar-refractivity contribution in [2.75, 3.05) is 0 Å². The standard InChI is InChI=1S/C25H17I3O/c1-15-22(16-2-8-19(26)9-3-16)14-23(29)25(18-6-12-21(28)13-7-18)24(15)17-4-10-20(27)11-5-17/h2-14,29H,1H3. The third kappa shape index (κ3) is 4.49. The van der Waals surface area contributed by atoms with Crippen LogP contribution in [0.3, 0.4) is 0 Å². The molecule has 144 valence electrons. The highest BCUT2D eigenvalue weighted by Crippen LogP contribution is 2.45. The Bertz CT molecular complexity index is 1160. The van der Waals surface area contributed by atoms with Gasteiger partial charge in [-0.05, 0) is 151 Å². The van der Waals surface area contributed by atoms with Gasteiger partial charge in [0.05, 0.1) is 0 Å². The van der Waals surface area contributed by atoms with E-state index in [1.165, 1.54) is 16.3 Å². The number of benzene rings is 4. The van der Waals surface area contributed by atoms with Crippen LogP contribution in [0.4, 0.5) is 0 Å². The van der Waals surface area contributed by atoms with E-state index in [4.69, 9.17) is 0 Å². The van der Waals surface area contributed by atoms with E-state index in [2.05, 4.69) is 147 Å². The highest BCUT2D eigenvalue weighted by molar-refractivity contribution is 14.1. The van der Waals surface area contributed by atoms with E-state index >= 15 is 0 Å². The number of phenols is 1. The van der Waals surface area contributed by atoms with E-state index in [1.807, 2.05) is 6.07 Å². The van der Waals surface area contributed by atoms with Gasteiger partial charge in [0.2, 0.25) is 0 Å². The average Bonchev–Trinajstić information content (AvgIpc) is 2.71. The van der Waals surface area contributed by atoms with Crippen molar-refractivity contribution in [1.82, 2.24) is 0 Å². The van der Waals surface area contributed by atoms with Gasteiger partial charge in [0.25, 0.3) is 0 Å². The van der Waals surface area contributed by atoms with Gasteiger partial charge >= 0.3 is 0 Å². The Morgan fingerprint density at radius 2 is 0.931 bits per heavy atom. The molecule has 0 aromatic heterocycles. The number of hydrogen-bond donors (Lipinski definition) is 1. The van der Waals surface area contributed by atoms with Gasteiger partial charge in [0.1, 0.15) is 5.75 Å². The number of phenolic OH excluding ortho intramolecular Hbond substituents is 1. The van der Waals surface area contributed by atoms with Crippen LogP contribution in [0, 0.1) is 17.6 Å². The van der Waals surface area contributed by atoms with E-state index < -0.39 is 0 Å². The lowest BCUT2D eigenvalue weighted by Gasteiger charge is -2.19. The number of rotatable bonds is 3. The van der Waals surface area contributed by atoms with Crippen molar-refractivity contribution in [2.24, 2.45) is 0 Å². The van der Waals surface area contributed by atoms with Gasteiger partial charge in [-0.15, -0.1) is 0 Å². The van der Waals surface area contributed by atoms with Gasteiger partial charge in [-0.2, -0.15) is 0 Å². The molecule has 0 bridgehead atoms. The molecule has 0 amide bonds. The molecular formula is C25H17I3O. The fourth-order valence-electron chi connectivity index (χ4n) is 3.58. The molecule has 0 radical (unpaired) electrons. The first kappa shape index (κ1) is 21.1. The summed E-state index contributed by atoms with van der Waals surface area (Å²) in [4.78, 5) is 0. The van der Waals surface area contributed by atoms with Gasteiger partial charge in [0.15, 0.2) is 0 Å². The summed E-state index contributed by atoms with van der Waals surface area (Å²) >= 11 is 6.95. The quantitative estimate of drug-likeness (QED) is 0.211. The van der Waals surface area contributed by atoms with E-state index in [-0.39, 0.29) is 0 Å². The second-order valence-electron chi connectivity index (χ2n) is 6.84. The topological polar surface area (TPSA) is 20.2 Å². The van der Waals surface area contributed by atoms with Crippen LogP contribution in [0.2, 0.25) is 0 Å². The first-order valence-corrected chi connectivity index (χ1v) is 12.3. The number of aromatic hydroxyl groups is 1. The Morgan fingerprint density at radius 1 is 0.552 bits per heavy atom. The smallest absolute Gasteiger partial charge is 0.124 e. The molecule has 0 heterocycles. The summed E-state index contributed by atoms with van der Waals surface area (Å²) < 4.78 is 3.56. The lowest BCUT2D eigenvalue weighted by atomic mass is 9.86. The largest absolute Gasteiger partial charge is 0.507 e. The molecule has 29 heavy (non-hydrogen) atoms. The molecule has 0 saturated carbocycles. The SMILES string of the molecule is Cc1c(-c2ccc(I)cc2)cc(O)c(-c2ccc(I)cc2)c1-c1ccc(I)cc1. The number of hydrogen-bond acceptors (Lipinski definition) is 1. The minimum Gasteiger partial charge on any atom is -0.507 e. The summed E-state index contributed by atoms with van der Waals surface area (Å²) in [5.74, 6) is 0.305. The van der Waals surface area contributed by atoms with Crippen LogP contribution >= 0.6 is 67.8 Å². The Morgan fingerprint density at radius 3 is 1.38 bits per heavy atom. The molecule has 4 aromatic rings. The second-order valence-corrected chi connectivity index (χ2v) is 10.6. The normalized spacial score (nSPS) is 10.9. The highest BCUT2D eigenvalue weighted by atomic mass is 127. The lowest BCUT2D eigenvalue weighted by molar-refractivity contribution is 0.477. The Hall–Kier alpha value is -1.13. The summed E-state index contributed by atoms with van der Waals surface area (Å²) in [6, 6.07) is 27.2. The van der Waals surface area contributed by atoms with Crippen molar-refractivity contribution in [3.63, 3.8) is 0 Å². The van der Waals surface area contributed by atoms with Crippen molar-refractivity contribution in [3.05, 3.63) is 95.1 Å². The average molecular weight is 714 g/mol. The Kier molecular flexibility index (Phi) is 6.50. The highest BCUT2D eigenvalue weighted by Gasteiger charge is 2.19.